The van der Waals surface area contributed by atoms with Gasteiger partial charge in [-0.15, -0.1) is 0 Å². The van der Waals surface area contributed by atoms with E-state index in [1.54, 1.807) is 62.4 Å². The van der Waals surface area contributed by atoms with E-state index in [4.69, 9.17) is 26.4 Å². The Morgan fingerprint density at radius 2 is 1.65 bits per heavy atom. The molecule has 1 saturated heterocycles. The lowest BCUT2D eigenvalue weighted by atomic mass is 10.1. The van der Waals surface area contributed by atoms with Crippen molar-refractivity contribution in [2.45, 2.75) is 25.8 Å². The van der Waals surface area contributed by atoms with Gasteiger partial charge >= 0.3 is 5.97 Å². The van der Waals surface area contributed by atoms with Gasteiger partial charge in [0.05, 0.1) is 38.5 Å². The predicted molar refractivity (Wildman–Crippen MR) is 156 cm³/mol. The molecule has 2 amide bonds. The van der Waals surface area contributed by atoms with Crippen LogP contribution in [0.1, 0.15) is 29.3 Å². The maximum absolute atomic E-state index is 13.7. The largest absolute Gasteiger partial charge is 0.493 e. The van der Waals surface area contributed by atoms with Gasteiger partial charge in [-0.2, -0.15) is 0 Å². The van der Waals surface area contributed by atoms with E-state index < -0.39 is 12.0 Å². The van der Waals surface area contributed by atoms with Crippen LogP contribution in [-0.2, 0) is 20.7 Å². The molecule has 40 heavy (non-hydrogen) atoms. The Morgan fingerprint density at radius 3 is 2.30 bits per heavy atom. The third-order valence-electron chi connectivity index (χ3n) is 6.48. The van der Waals surface area contributed by atoms with E-state index in [2.05, 4.69) is 5.32 Å². The van der Waals surface area contributed by atoms with Crippen molar-refractivity contribution in [2.75, 3.05) is 37.6 Å². The maximum atomic E-state index is 13.7. The van der Waals surface area contributed by atoms with Crippen LogP contribution in [0, 0.1) is 0 Å². The van der Waals surface area contributed by atoms with E-state index in [0.29, 0.717) is 41.4 Å². The van der Waals surface area contributed by atoms with Crippen LogP contribution in [0.5, 0.6) is 11.5 Å². The van der Waals surface area contributed by atoms with Crippen LogP contribution < -0.4 is 19.7 Å². The first-order chi connectivity index (χ1) is 19.4. The monoisotopic (exact) mass is 561 g/mol. The van der Waals surface area contributed by atoms with Gasteiger partial charge in [-0.05, 0) is 79.7 Å². The molecule has 0 aromatic heterocycles. The third kappa shape index (κ3) is 6.40. The number of hydrogen-bond donors (Lipinski definition) is 1. The highest BCUT2D eigenvalue weighted by Crippen LogP contribution is 2.30. The fourth-order valence-electron chi connectivity index (χ4n) is 4.48. The van der Waals surface area contributed by atoms with E-state index in [-0.39, 0.29) is 30.0 Å². The van der Waals surface area contributed by atoms with Crippen LogP contribution in [0.3, 0.4) is 0 Å². The molecule has 1 fully saturated rings. The van der Waals surface area contributed by atoms with E-state index in [1.165, 1.54) is 4.90 Å². The molecular weight excluding hydrogens is 530 g/mol. The summed E-state index contributed by atoms with van der Waals surface area (Å²) in [6, 6.07) is 20.4. The van der Waals surface area contributed by atoms with E-state index in [1.807, 2.05) is 36.4 Å². The minimum Gasteiger partial charge on any atom is -0.493 e. The number of methoxy groups -OCH3 is 2. The van der Waals surface area contributed by atoms with Crippen LogP contribution in [0.4, 0.5) is 11.4 Å². The normalized spacial score (nSPS) is 14.7. The highest BCUT2D eigenvalue weighted by Gasteiger charge is 2.44. The first-order valence-corrected chi connectivity index (χ1v) is 13.2. The Balaban J connectivity index is 1.57. The molecular formula is C30H31N3O6S. The summed E-state index contributed by atoms with van der Waals surface area (Å²) >= 11 is 5.77. The number of ether oxygens (including phenoxy) is 3. The molecule has 10 heteroatoms. The zero-order valence-electron chi connectivity index (χ0n) is 22.6. The molecule has 1 heterocycles. The number of rotatable bonds is 11. The van der Waals surface area contributed by atoms with Gasteiger partial charge in [0.2, 0.25) is 5.91 Å². The van der Waals surface area contributed by atoms with E-state index >= 15 is 0 Å². The lowest BCUT2D eigenvalue weighted by Gasteiger charge is -2.24. The summed E-state index contributed by atoms with van der Waals surface area (Å²) < 4.78 is 15.8. The summed E-state index contributed by atoms with van der Waals surface area (Å²) in [6.45, 7) is 2.39. The summed E-state index contributed by atoms with van der Waals surface area (Å²) in [5.74, 6) is 0.150. The molecule has 3 aromatic carbocycles. The molecule has 3 aromatic rings. The van der Waals surface area contributed by atoms with Gasteiger partial charge in [0, 0.05) is 12.2 Å². The third-order valence-corrected chi connectivity index (χ3v) is 6.90. The number of thiocarbonyl (C=S) groups is 1. The molecule has 0 aliphatic carbocycles. The van der Waals surface area contributed by atoms with Crippen molar-refractivity contribution in [3.63, 3.8) is 0 Å². The summed E-state index contributed by atoms with van der Waals surface area (Å²) in [5, 5.41) is 3.14. The number of benzene rings is 3. The molecule has 9 nitrogen and oxygen atoms in total. The Kier molecular flexibility index (Phi) is 9.34. The molecule has 1 unspecified atom stereocenters. The summed E-state index contributed by atoms with van der Waals surface area (Å²) in [4.78, 5) is 42.0. The molecule has 0 bridgehead atoms. The van der Waals surface area contributed by atoms with Crippen molar-refractivity contribution in [3.8, 4) is 11.5 Å². The van der Waals surface area contributed by atoms with Gasteiger partial charge < -0.3 is 24.4 Å². The van der Waals surface area contributed by atoms with Crippen molar-refractivity contribution in [1.82, 2.24) is 4.90 Å². The van der Waals surface area contributed by atoms with Crippen LogP contribution >= 0.6 is 12.2 Å². The molecule has 4 rings (SSSR count). The zero-order chi connectivity index (χ0) is 28.6. The van der Waals surface area contributed by atoms with Crippen LogP contribution in [-0.4, -0.2) is 61.2 Å². The summed E-state index contributed by atoms with van der Waals surface area (Å²) in [7, 11) is 3.15. The van der Waals surface area contributed by atoms with Crippen molar-refractivity contribution in [1.29, 1.82) is 0 Å². The Hall–Kier alpha value is -4.44. The van der Waals surface area contributed by atoms with Gasteiger partial charge in [-0.3, -0.25) is 14.5 Å². The minimum atomic E-state index is -0.805. The Bertz CT molecular complexity index is 1380. The van der Waals surface area contributed by atoms with Gasteiger partial charge in [-0.1, -0.05) is 24.3 Å². The number of nitrogens with zero attached hydrogens (tertiary/aromatic N) is 2. The van der Waals surface area contributed by atoms with Gasteiger partial charge in [0.15, 0.2) is 16.6 Å². The maximum Gasteiger partial charge on any atom is 0.338 e. The van der Waals surface area contributed by atoms with Crippen molar-refractivity contribution in [3.05, 3.63) is 83.9 Å². The van der Waals surface area contributed by atoms with E-state index in [9.17, 15) is 14.4 Å². The number of para-hydroxylation sites is 1. The second-order valence-corrected chi connectivity index (χ2v) is 9.36. The Labute approximate surface area is 238 Å². The number of esters is 1. The predicted octanol–water partition coefficient (Wildman–Crippen LogP) is 4.45. The molecule has 1 aliphatic heterocycles. The van der Waals surface area contributed by atoms with Gasteiger partial charge in [0.1, 0.15) is 6.04 Å². The van der Waals surface area contributed by atoms with Crippen LogP contribution in [0.15, 0.2) is 72.8 Å². The van der Waals surface area contributed by atoms with Gasteiger partial charge in [-0.25, -0.2) is 4.79 Å². The quantitative estimate of drug-likeness (QED) is 0.271. The van der Waals surface area contributed by atoms with E-state index in [0.717, 1.165) is 5.56 Å². The number of anilines is 2. The molecule has 0 saturated carbocycles. The van der Waals surface area contributed by atoms with Crippen molar-refractivity contribution < 1.29 is 28.6 Å². The second kappa shape index (κ2) is 13.1. The van der Waals surface area contributed by atoms with Crippen LogP contribution in [0.2, 0.25) is 0 Å². The topological polar surface area (TPSA) is 97.4 Å². The summed E-state index contributed by atoms with van der Waals surface area (Å²) in [5.41, 5.74) is 2.47. The number of carbonyl (C=O) groups is 3. The molecule has 1 aliphatic rings. The average Bonchev–Trinajstić information content (AvgIpc) is 3.20. The highest BCUT2D eigenvalue weighted by molar-refractivity contribution is 7.80. The van der Waals surface area contributed by atoms with Crippen molar-refractivity contribution >= 4 is 46.5 Å². The zero-order valence-corrected chi connectivity index (χ0v) is 23.4. The average molecular weight is 562 g/mol. The molecule has 0 spiro atoms. The molecule has 0 radical (unpaired) electrons. The number of nitrogens with one attached hydrogen (secondary N) is 1. The number of carbonyl (C=O) groups excluding carboxylic acids is 3. The lowest BCUT2D eigenvalue weighted by Crippen LogP contribution is -2.39. The lowest BCUT2D eigenvalue weighted by molar-refractivity contribution is -0.124. The fourth-order valence-corrected chi connectivity index (χ4v) is 4.89. The molecule has 1 atom stereocenters. The fraction of sp³-hybridized carbons (Fsp3) is 0.267. The minimum absolute atomic E-state index is 0.0861. The SMILES string of the molecule is CCOC(=O)c1ccc(N2C(=O)C(CC(=O)Nc3ccccc3)N(CCc3ccc(OC)c(OC)c3)C2=S)cc1. The number of amides is 2. The first-order valence-electron chi connectivity index (χ1n) is 12.8. The number of hydrogen-bond acceptors (Lipinski definition) is 7. The molecule has 1 N–H and O–H groups in total. The standard InChI is InChI=1S/C30H31N3O6S/c1-4-39-29(36)21-11-13-23(14-12-21)33-28(35)24(19-27(34)31-22-8-6-5-7-9-22)32(30(33)40)17-16-20-10-15-25(37-2)26(18-20)38-3/h5-15,18,24H,4,16-17,19H2,1-3H3,(H,31,34). The summed E-state index contributed by atoms with van der Waals surface area (Å²) in [6.07, 6.45) is 0.456. The van der Waals surface area contributed by atoms with Gasteiger partial charge in [0.25, 0.3) is 5.91 Å². The highest BCUT2D eigenvalue weighted by atomic mass is 32.1. The van der Waals surface area contributed by atoms with Crippen molar-refractivity contribution in [2.24, 2.45) is 0 Å². The van der Waals surface area contributed by atoms with Crippen LogP contribution in [0.25, 0.3) is 0 Å². The smallest absolute Gasteiger partial charge is 0.338 e. The molecule has 208 valence electrons. The second-order valence-electron chi connectivity index (χ2n) is 8.99. The first kappa shape index (κ1) is 28.6. The Morgan fingerprint density at radius 1 is 0.950 bits per heavy atom.